The largest absolute Gasteiger partial charge is 0.343 e. The van der Waals surface area contributed by atoms with E-state index in [0.29, 0.717) is 30.6 Å². The van der Waals surface area contributed by atoms with Crippen LogP contribution in [0.1, 0.15) is 19.2 Å². The molecule has 1 fully saturated rings. The molecule has 1 unspecified atom stereocenters. The highest BCUT2D eigenvalue weighted by Crippen LogP contribution is 2.19. The smallest absolute Gasteiger partial charge is 0.241 e. The molecule has 23 heavy (non-hydrogen) atoms. The molecule has 0 spiro atoms. The Morgan fingerprint density at radius 2 is 2.13 bits per heavy atom. The number of benzene rings is 1. The summed E-state index contributed by atoms with van der Waals surface area (Å²) >= 11 is 0. The molecule has 0 radical (unpaired) electrons. The highest BCUT2D eigenvalue weighted by atomic mass is 16.5. The van der Waals surface area contributed by atoms with Crippen LogP contribution in [0.3, 0.4) is 0 Å². The van der Waals surface area contributed by atoms with Crippen molar-refractivity contribution in [1.82, 2.24) is 19.9 Å². The molecule has 1 amide bonds. The number of hydrogen-bond acceptors (Lipinski definition) is 5. The first kappa shape index (κ1) is 15.7. The Bertz CT molecular complexity index is 656. The van der Waals surface area contributed by atoms with Gasteiger partial charge in [-0.05, 0) is 19.9 Å². The Hall–Kier alpha value is -2.21. The van der Waals surface area contributed by atoms with E-state index in [1.54, 1.807) is 0 Å². The molecule has 1 aliphatic heterocycles. The van der Waals surface area contributed by atoms with Crippen molar-refractivity contribution >= 4 is 5.91 Å². The molecule has 2 heterocycles. The minimum Gasteiger partial charge on any atom is -0.343 e. The predicted octanol–water partition coefficient (Wildman–Crippen LogP) is 2.04. The quantitative estimate of drug-likeness (QED) is 0.816. The van der Waals surface area contributed by atoms with Gasteiger partial charge >= 0.3 is 0 Å². The number of likely N-dealkylation sites (tertiary alicyclic amines) is 1. The first-order valence-electron chi connectivity index (χ1n) is 8.00. The molecule has 1 aromatic carbocycles. The van der Waals surface area contributed by atoms with E-state index in [2.05, 4.69) is 15.0 Å². The van der Waals surface area contributed by atoms with Gasteiger partial charge in [0.2, 0.25) is 17.6 Å². The van der Waals surface area contributed by atoms with E-state index in [4.69, 9.17) is 4.52 Å². The van der Waals surface area contributed by atoms with Gasteiger partial charge in [0.15, 0.2) is 0 Å². The van der Waals surface area contributed by atoms with Crippen LogP contribution in [0.5, 0.6) is 0 Å². The van der Waals surface area contributed by atoms with Crippen molar-refractivity contribution in [2.24, 2.45) is 5.92 Å². The van der Waals surface area contributed by atoms with Crippen molar-refractivity contribution in [1.29, 1.82) is 0 Å². The molecule has 6 nitrogen and oxygen atoms in total. The molecule has 3 rings (SSSR count). The van der Waals surface area contributed by atoms with E-state index in [1.807, 2.05) is 49.2 Å². The van der Waals surface area contributed by atoms with Gasteiger partial charge in [-0.15, -0.1) is 0 Å². The summed E-state index contributed by atoms with van der Waals surface area (Å²) in [4.78, 5) is 20.3. The van der Waals surface area contributed by atoms with Crippen LogP contribution in [0.4, 0.5) is 0 Å². The maximum absolute atomic E-state index is 11.8. The lowest BCUT2D eigenvalue weighted by molar-refractivity contribution is -0.127. The van der Waals surface area contributed by atoms with Crippen molar-refractivity contribution in [2.75, 3.05) is 26.7 Å². The molecule has 1 aromatic heterocycles. The summed E-state index contributed by atoms with van der Waals surface area (Å²) in [5.74, 6) is 1.85. The first-order chi connectivity index (χ1) is 11.2. The Kier molecular flexibility index (Phi) is 4.71. The molecule has 0 aliphatic carbocycles. The number of carbonyl (C=O) groups is 1. The molecule has 0 N–H and O–H groups in total. The summed E-state index contributed by atoms with van der Waals surface area (Å²) in [7, 11) is 2.02. The second-order valence-corrected chi connectivity index (χ2v) is 6.08. The fourth-order valence-electron chi connectivity index (χ4n) is 3.04. The average Bonchev–Trinajstić information content (AvgIpc) is 3.14. The third-order valence-corrected chi connectivity index (χ3v) is 4.15. The number of amides is 1. The maximum Gasteiger partial charge on any atom is 0.241 e. The van der Waals surface area contributed by atoms with Gasteiger partial charge in [-0.25, -0.2) is 0 Å². The molecule has 122 valence electrons. The standard InChI is InChI=1S/C17H22N4O2/c1-3-21-11-13(9-16(21)22)10-20(2)12-15-18-17(19-23-15)14-7-5-4-6-8-14/h4-8,13H,3,9-12H2,1-2H3. The lowest BCUT2D eigenvalue weighted by Crippen LogP contribution is -2.28. The summed E-state index contributed by atoms with van der Waals surface area (Å²) < 4.78 is 5.34. The zero-order valence-corrected chi connectivity index (χ0v) is 13.6. The molecule has 1 saturated heterocycles. The Morgan fingerprint density at radius 1 is 1.35 bits per heavy atom. The van der Waals surface area contributed by atoms with Gasteiger partial charge in [0.1, 0.15) is 0 Å². The highest BCUT2D eigenvalue weighted by molar-refractivity contribution is 5.78. The summed E-state index contributed by atoms with van der Waals surface area (Å²) in [6.07, 6.45) is 0.636. The number of nitrogens with zero attached hydrogens (tertiary/aromatic N) is 4. The second-order valence-electron chi connectivity index (χ2n) is 6.08. The Morgan fingerprint density at radius 3 is 2.83 bits per heavy atom. The molecule has 2 aromatic rings. The summed E-state index contributed by atoms with van der Waals surface area (Å²) in [5, 5.41) is 4.03. The van der Waals surface area contributed by atoms with E-state index >= 15 is 0 Å². The number of aromatic nitrogens is 2. The van der Waals surface area contributed by atoms with Gasteiger partial charge < -0.3 is 9.42 Å². The van der Waals surface area contributed by atoms with Crippen LogP contribution in [0.25, 0.3) is 11.4 Å². The van der Waals surface area contributed by atoms with Crippen LogP contribution in [-0.2, 0) is 11.3 Å². The molecule has 0 saturated carbocycles. The molecular weight excluding hydrogens is 292 g/mol. The molecule has 1 atom stereocenters. The Balaban J connectivity index is 1.56. The molecule has 0 bridgehead atoms. The van der Waals surface area contributed by atoms with Gasteiger partial charge in [-0.2, -0.15) is 4.98 Å². The van der Waals surface area contributed by atoms with Crippen molar-refractivity contribution in [3.05, 3.63) is 36.2 Å². The first-order valence-corrected chi connectivity index (χ1v) is 8.00. The fourth-order valence-corrected chi connectivity index (χ4v) is 3.04. The van der Waals surface area contributed by atoms with Crippen LogP contribution in [-0.4, -0.2) is 52.5 Å². The zero-order chi connectivity index (χ0) is 16.2. The third-order valence-electron chi connectivity index (χ3n) is 4.15. The minimum atomic E-state index is 0.259. The maximum atomic E-state index is 11.8. The molecular formula is C17H22N4O2. The van der Waals surface area contributed by atoms with Crippen molar-refractivity contribution in [3.8, 4) is 11.4 Å². The van der Waals surface area contributed by atoms with Crippen molar-refractivity contribution in [3.63, 3.8) is 0 Å². The number of rotatable bonds is 6. The summed E-state index contributed by atoms with van der Waals surface area (Å²) in [5.41, 5.74) is 0.949. The van der Waals surface area contributed by atoms with Crippen molar-refractivity contribution < 1.29 is 9.32 Å². The minimum absolute atomic E-state index is 0.259. The van der Waals surface area contributed by atoms with Gasteiger partial charge in [0, 0.05) is 31.6 Å². The second kappa shape index (κ2) is 6.91. The van der Waals surface area contributed by atoms with E-state index in [0.717, 1.165) is 25.2 Å². The van der Waals surface area contributed by atoms with Crippen LogP contribution < -0.4 is 0 Å². The van der Waals surface area contributed by atoms with Crippen LogP contribution in [0, 0.1) is 5.92 Å². The summed E-state index contributed by atoms with van der Waals surface area (Å²) in [6.45, 7) is 5.11. The molecule has 1 aliphatic rings. The van der Waals surface area contributed by atoms with Gasteiger partial charge in [-0.3, -0.25) is 9.69 Å². The number of carbonyl (C=O) groups excluding carboxylic acids is 1. The Labute approximate surface area is 136 Å². The summed E-state index contributed by atoms with van der Waals surface area (Å²) in [6, 6.07) is 9.78. The average molecular weight is 314 g/mol. The van der Waals surface area contributed by atoms with Gasteiger partial charge in [0.25, 0.3) is 0 Å². The van der Waals surface area contributed by atoms with Gasteiger partial charge in [-0.1, -0.05) is 35.5 Å². The van der Waals surface area contributed by atoms with E-state index in [1.165, 1.54) is 0 Å². The topological polar surface area (TPSA) is 62.5 Å². The predicted molar refractivity (Wildman–Crippen MR) is 86.4 cm³/mol. The van der Waals surface area contributed by atoms with Crippen molar-refractivity contribution in [2.45, 2.75) is 19.9 Å². The molecule has 6 heteroatoms. The van der Waals surface area contributed by atoms with Crippen LogP contribution in [0.15, 0.2) is 34.9 Å². The lowest BCUT2D eigenvalue weighted by Gasteiger charge is -2.19. The third kappa shape index (κ3) is 3.76. The monoisotopic (exact) mass is 314 g/mol. The van der Waals surface area contributed by atoms with E-state index in [-0.39, 0.29) is 5.91 Å². The van der Waals surface area contributed by atoms with Crippen LogP contribution >= 0.6 is 0 Å². The van der Waals surface area contributed by atoms with E-state index in [9.17, 15) is 4.79 Å². The zero-order valence-electron chi connectivity index (χ0n) is 13.6. The number of hydrogen-bond donors (Lipinski definition) is 0. The van der Waals surface area contributed by atoms with Crippen LogP contribution in [0.2, 0.25) is 0 Å². The SMILES string of the molecule is CCN1CC(CN(C)Cc2nc(-c3ccccc3)no2)CC1=O. The van der Waals surface area contributed by atoms with Gasteiger partial charge in [0.05, 0.1) is 6.54 Å². The lowest BCUT2D eigenvalue weighted by atomic mass is 10.1. The fraction of sp³-hybridized carbons (Fsp3) is 0.471. The highest BCUT2D eigenvalue weighted by Gasteiger charge is 2.29. The normalized spacial score (nSPS) is 18.1. The van der Waals surface area contributed by atoms with E-state index < -0.39 is 0 Å².